The third-order valence-corrected chi connectivity index (χ3v) is 6.82. The molecule has 0 amide bonds. The molecule has 2 heterocycles. The predicted molar refractivity (Wildman–Crippen MR) is 129 cm³/mol. The molecule has 2 aliphatic rings. The summed E-state index contributed by atoms with van der Waals surface area (Å²) in [4.78, 5) is 5.18. The fraction of sp³-hybridized carbons (Fsp3) is 0.333. The van der Waals surface area contributed by atoms with Crippen LogP contribution in [0.5, 0.6) is 5.75 Å². The number of halogens is 1. The van der Waals surface area contributed by atoms with Crippen LogP contribution in [0, 0.1) is 0 Å². The summed E-state index contributed by atoms with van der Waals surface area (Å²) < 4.78 is 6.17. The van der Waals surface area contributed by atoms with Gasteiger partial charge in [-0.2, -0.15) is 0 Å². The number of benzene rings is 3. The smallest absolute Gasteiger partial charge is 0.143 e. The van der Waals surface area contributed by atoms with Gasteiger partial charge in [0, 0.05) is 35.4 Å². The lowest BCUT2D eigenvalue weighted by Crippen LogP contribution is -2.46. The zero-order valence-corrected chi connectivity index (χ0v) is 18.6. The van der Waals surface area contributed by atoms with Gasteiger partial charge in [0.05, 0.1) is 5.69 Å². The molecule has 2 aliphatic heterocycles. The molecule has 0 bridgehead atoms. The fourth-order valence-electron chi connectivity index (χ4n) is 4.88. The molecule has 0 aromatic heterocycles. The van der Waals surface area contributed by atoms with Crippen LogP contribution in [0.4, 0.5) is 11.4 Å². The number of likely N-dealkylation sites (tertiary alicyclic amines) is 1. The summed E-state index contributed by atoms with van der Waals surface area (Å²) in [6.07, 6.45) is 4.88. The van der Waals surface area contributed by atoms with Gasteiger partial charge in [0.25, 0.3) is 0 Å². The van der Waals surface area contributed by atoms with Crippen LogP contribution in [0.25, 0.3) is 0 Å². The van der Waals surface area contributed by atoms with E-state index in [1.54, 1.807) is 0 Å². The van der Waals surface area contributed by atoms with E-state index in [1.807, 2.05) is 12.1 Å². The number of ether oxygens (including phenoxy) is 1. The van der Waals surface area contributed by atoms with Crippen molar-refractivity contribution < 1.29 is 4.74 Å². The molecule has 0 N–H and O–H groups in total. The Kier molecular flexibility index (Phi) is 6.15. The van der Waals surface area contributed by atoms with Crippen molar-refractivity contribution in [3.8, 4) is 5.75 Å². The maximum atomic E-state index is 6.17. The number of hydrogen-bond donors (Lipinski definition) is 0. The van der Waals surface area contributed by atoms with Crippen LogP contribution in [0.15, 0.2) is 72.8 Å². The van der Waals surface area contributed by atoms with Gasteiger partial charge in [-0.05, 0) is 61.7 Å². The van der Waals surface area contributed by atoms with Crippen LogP contribution in [-0.2, 0) is 13.0 Å². The van der Waals surface area contributed by atoms with Crippen LogP contribution in [0.1, 0.15) is 30.4 Å². The van der Waals surface area contributed by atoms with Crippen LogP contribution >= 0.6 is 11.6 Å². The van der Waals surface area contributed by atoms with Crippen LogP contribution in [-0.4, -0.2) is 30.6 Å². The van der Waals surface area contributed by atoms with Crippen molar-refractivity contribution >= 4 is 23.0 Å². The first-order chi connectivity index (χ1) is 15.3. The molecule has 1 fully saturated rings. The molecule has 1 saturated heterocycles. The number of nitrogens with zero attached hydrogens (tertiary/aromatic N) is 2. The van der Waals surface area contributed by atoms with Crippen molar-refractivity contribution in [2.24, 2.45) is 0 Å². The second kappa shape index (κ2) is 9.33. The molecule has 3 nitrogen and oxygen atoms in total. The van der Waals surface area contributed by atoms with Gasteiger partial charge in [0.2, 0.25) is 0 Å². The molecule has 4 heteroatoms. The standard InChI is InChI=1S/C27H29ClN2O/c28-23-14-12-21(13-15-23)16-18-29-17-6-5-8-24(29)19-30-25-9-2-1-7-22(25)20-31-27-11-4-3-10-26(27)30/h1-4,7,9-15,24H,5-6,8,16-20H2/t24-/m1/s1. The second-order valence-electron chi connectivity index (χ2n) is 8.56. The average Bonchev–Trinajstić information content (AvgIpc) is 2.97. The summed E-state index contributed by atoms with van der Waals surface area (Å²) in [6, 6.07) is 26.0. The first-order valence-electron chi connectivity index (χ1n) is 11.3. The van der Waals surface area contributed by atoms with Gasteiger partial charge in [0.15, 0.2) is 0 Å². The number of rotatable bonds is 5. The fourth-order valence-corrected chi connectivity index (χ4v) is 5.00. The third kappa shape index (κ3) is 4.58. The van der Waals surface area contributed by atoms with E-state index in [2.05, 4.69) is 70.5 Å². The van der Waals surface area contributed by atoms with Gasteiger partial charge in [-0.15, -0.1) is 0 Å². The highest BCUT2D eigenvalue weighted by Gasteiger charge is 2.28. The SMILES string of the molecule is Clc1ccc(CCN2CCCC[C@@H]2CN2c3ccccc3COc3ccccc32)cc1. The molecule has 31 heavy (non-hydrogen) atoms. The Morgan fingerprint density at radius 2 is 1.65 bits per heavy atom. The second-order valence-corrected chi connectivity index (χ2v) is 8.99. The van der Waals surface area contributed by atoms with Gasteiger partial charge >= 0.3 is 0 Å². The van der Waals surface area contributed by atoms with Crippen molar-refractivity contribution in [2.45, 2.75) is 38.3 Å². The molecule has 0 unspecified atom stereocenters. The largest absolute Gasteiger partial charge is 0.487 e. The van der Waals surface area contributed by atoms with E-state index in [0.717, 1.165) is 30.3 Å². The Labute approximate surface area is 190 Å². The summed E-state index contributed by atoms with van der Waals surface area (Å²) in [6.45, 7) is 3.86. The molecule has 0 spiro atoms. The van der Waals surface area contributed by atoms with Crippen LogP contribution in [0.3, 0.4) is 0 Å². The number of para-hydroxylation sites is 3. The van der Waals surface area contributed by atoms with Gasteiger partial charge in [0.1, 0.15) is 12.4 Å². The normalized spacial score (nSPS) is 18.6. The Hall–Kier alpha value is -2.49. The van der Waals surface area contributed by atoms with Gasteiger partial charge in [-0.3, -0.25) is 4.90 Å². The molecular formula is C27H29ClN2O. The van der Waals surface area contributed by atoms with Gasteiger partial charge in [-0.1, -0.05) is 60.5 Å². The summed E-state index contributed by atoms with van der Waals surface area (Å²) in [5.41, 5.74) is 5.06. The maximum absolute atomic E-state index is 6.17. The lowest BCUT2D eigenvalue weighted by atomic mass is 9.99. The van der Waals surface area contributed by atoms with E-state index in [9.17, 15) is 0 Å². The number of piperidine rings is 1. The van der Waals surface area contributed by atoms with Gasteiger partial charge < -0.3 is 9.64 Å². The minimum absolute atomic E-state index is 0.528. The van der Waals surface area contributed by atoms with E-state index in [-0.39, 0.29) is 0 Å². The monoisotopic (exact) mass is 432 g/mol. The van der Waals surface area contributed by atoms with Crippen molar-refractivity contribution in [1.82, 2.24) is 4.90 Å². The highest BCUT2D eigenvalue weighted by molar-refractivity contribution is 6.30. The predicted octanol–water partition coefficient (Wildman–Crippen LogP) is 6.47. The topological polar surface area (TPSA) is 15.7 Å². The molecule has 0 radical (unpaired) electrons. The molecule has 3 aromatic rings. The first-order valence-corrected chi connectivity index (χ1v) is 11.7. The first kappa shape index (κ1) is 20.4. The Morgan fingerprint density at radius 3 is 2.52 bits per heavy atom. The number of fused-ring (bicyclic) bond motifs is 2. The van der Waals surface area contributed by atoms with Gasteiger partial charge in [-0.25, -0.2) is 0 Å². The van der Waals surface area contributed by atoms with E-state index in [4.69, 9.17) is 16.3 Å². The minimum Gasteiger partial charge on any atom is -0.487 e. The molecule has 3 aromatic carbocycles. The lowest BCUT2D eigenvalue weighted by molar-refractivity contribution is 0.154. The Morgan fingerprint density at radius 1 is 0.871 bits per heavy atom. The third-order valence-electron chi connectivity index (χ3n) is 6.56. The number of anilines is 2. The van der Waals surface area contributed by atoms with Crippen molar-refractivity contribution in [1.29, 1.82) is 0 Å². The summed E-state index contributed by atoms with van der Waals surface area (Å²) in [5, 5.41) is 0.806. The van der Waals surface area contributed by atoms with E-state index >= 15 is 0 Å². The van der Waals surface area contributed by atoms with E-state index in [0.29, 0.717) is 12.6 Å². The summed E-state index contributed by atoms with van der Waals surface area (Å²) in [7, 11) is 0. The molecule has 0 saturated carbocycles. The van der Waals surface area contributed by atoms with Crippen LogP contribution in [0.2, 0.25) is 5.02 Å². The molecule has 160 valence electrons. The quantitative estimate of drug-likeness (QED) is 0.459. The van der Waals surface area contributed by atoms with Crippen molar-refractivity contribution in [2.75, 3.05) is 24.5 Å². The number of hydrogen-bond acceptors (Lipinski definition) is 3. The average molecular weight is 433 g/mol. The zero-order chi connectivity index (χ0) is 21.0. The maximum Gasteiger partial charge on any atom is 0.143 e. The molecule has 1 atom stereocenters. The van der Waals surface area contributed by atoms with E-state index in [1.165, 1.54) is 48.3 Å². The Balaban J connectivity index is 1.38. The van der Waals surface area contributed by atoms with E-state index < -0.39 is 0 Å². The highest BCUT2D eigenvalue weighted by Crippen LogP contribution is 2.40. The van der Waals surface area contributed by atoms with Crippen molar-refractivity contribution in [3.63, 3.8) is 0 Å². The molecule has 0 aliphatic carbocycles. The molecular weight excluding hydrogens is 404 g/mol. The highest BCUT2D eigenvalue weighted by atomic mass is 35.5. The summed E-state index contributed by atoms with van der Waals surface area (Å²) >= 11 is 6.06. The summed E-state index contributed by atoms with van der Waals surface area (Å²) in [5.74, 6) is 0.974. The lowest BCUT2D eigenvalue weighted by Gasteiger charge is -2.39. The minimum atomic E-state index is 0.528. The van der Waals surface area contributed by atoms with Crippen molar-refractivity contribution in [3.05, 3.63) is 88.9 Å². The molecule has 5 rings (SSSR count). The van der Waals surface area contributed by atoms with Crippen LogP contribution < -0.4 is 9.64 Å². The Bertz CT molecular complexity index is 972. The zero-order valence-electron chi connectivity index (χ0n) is 17.8.